The Morgan fingerprint density at radius 1 is 0.593 bits per heavy atom. The van der Waals surface area contributed by atoms with E-state index < -0.39 is 0 Å². The molecule has 0 heterocycles. The summed E-state index contributed by atoms with van der Waals surface area (Å²) < 4.78 is 20.6. The van der Waals surface area contributed by atoms with Gasteiger partial charge in [0.15, 0.2) is 0 Å². The number of rotatable bonds is 29. The van der Waals surface area contributed by atoms with Gasteiger partial charge in [0, 0.05) is 30.7 Å². The van der Waals surface area contributed by atoms with Gasteiger partial charge in [-0.2, -0.15) is 0 Å². The zero-order chi connectivity index (χ0) is 38.9. The van der Waals surface area contributed by atoms with Gasteiger partial charge in [0.1, 0.15) is 0 Å². The van der Waals surface area contributed by atoms with Gasteiger partial charge in [-0.25, -0.2) is 0 Å². The number of fused-ring (bicyclic) bond motifs is 5. The van der Waals surface area contributed by atoms with Gasteiger partial charge in [0.25, 0.3) is 0 Å². The zero-order valence-corrected chi connectivity index (χ0v) is 36.5. The lowest BCUT2D eigenvalue weighted by molar-refractivity contribution is -0.268. The normalized spacial score (nSPS) is 35.4. The summed E-state index contributed by atoms with van der Waals surface area (Å²) in [6.07, 6.45) is 30.3. The molecule has 7 heteroatoms. The second-order valence-electron chi connectivity index (χ2n) is 19.5. The van der Waals surface area contributed by atoms with Gasteiger partial charge in [0.2, 0.25) is 0 Å². The standard InChI is InChI=1S/C47H92N4O3/c1-6-7-8-9-10-11-12-13-14-15-16-29-51-30-17-21-37(2)40-22-23-41-46(40,4)44(54-33-20-28-50)36-42-45(3)25-24-39(52-31-18-26-48)34-38(45)35-43(47(41,42)5)53-32-19-27-49/h37-44,51H,6-36,48-50H2,1-5H3/t37-,38+,39?,40-,41-,42-,43-,44+,45+,46-,47+/m1/s1. The molecule has 0 bridgehead atoms. The lowest BCUT2D eigenvalue weighted by Gasteiger charge is -2.69. The molecular weight excluding hydrogens is 669 g/mol. The molecule has 4 aliphatic carbocycles. The molecule has 1 unspecified atom stereocenters. The SMILES string of the molecule is CCCCCCCCCCCCCNCCC[C@@H](C)[C@H]1CC[C@H]2[C@@]3(C)[C@H](C[C@H](OCCCN)[C@@]21C)[C@@]1(C)CCC(OCCCN)C[C@H]1C[C@H]3OCCCN. The molecule has 0 aromatic heterocycles. The second kappa shape index (κ2) is 24.0. The third kappa shape index (κ3) is 11.7. The molecule has 0 aromatic carbocycles. The summed E-state index contributed by atoms with van der Waals surface area (Å²) in [7, 11) is 0. The second-order valence-corrected chi connectivity index (χ2v) is 19.5. The quantitative estimate of drug-likeness (QED) is 0.0561. The Hall–Kier alpha value is -0.280. The minimum absolute atomic E-state index is 0.125. The van der Waals surface area contributed by atoms with E-state index in [1.54, 1.807) is 0 Å². The van der Waals surface area contributed by atoms with Gasteiger partial charge in [-0.15, -0.1) is 0 Å². The van der Waals surface area contributed by atoms with Crippen LogP contribution in [-0.2, 0) is 14.2 Å². The predicted octanol–water partition coefficient (Wildman–Crippen LogP) is 9.77. The van der Waals surface area contributed by atoms with Crippen molar-refractivity contribution in [2.24, 2.45) is 63.0 Å². The van der Waals surface area contributed by atoms with E-state index in [4.69, 9.17) is 31.4 Å². The maximum absolute atomic E-state index is 7.10. The first-order valence-electron chi connectivity index (χ1n) is 23.9. The summed E-state index contributed by atoms with van der Waals surface area (Å²) in [5.41, 5.74) is 18.4. The van der Waals surface area contributed by atoms with Crippen LogP contribution in [-0.4, -0.2) is 70.9 Å². The van der Waals surface area contributed by atoms with Crippen molar-refractivity contribution >= 4 is 0 Å². The van der Waals surface area contributed by atoms with Crippen molar-refractivity contribution in [3.8, 4) is 0 Å². The molecule has 0 amide bonds. The first-order valence-corrected chi connectivity index (χ1v) is 23.9. The molecule has 7 N–H and O–H groups in total. The molecule has 318 valence electrons. The van der Waals surface area contributed by atoms with Gasteiger partial charge in [0.05, 0.1) is 18.3 Å². The van der Waals surface area contributed by atoms with Crippen LogP contribution in [0.2, 0.25) is 0 Å². The van der Waals surface area contributed by atoms with Gasteiger partial charge in [-0.3, -0.25) is 0 Å². The fraction of sp³-hybridized carbons (Fsp3) is 1.00. The zero-order valence-electron chi connectivity index (χ0n) is 36.5. The van der Waals surface area contributed by atoms with Crippen LogP contribution < -0.4 is 22.5 Å². The van der Waals surface area contributed by atoms with Gasteiger partial charge in [-0.1, -0.05) is 98.8 Å². The Morgan fingerprint density at radius 3 is 1.76 bits per heavy atom. The monoisotopic (exact) mass is 761 g/mol. The fourth-order valence-electron chi connectivity index (χ4n) is 13.1. The summed E-state index contributed by atoms with van der Waals surface area (Å²) in [5.74, 6) is 3.15. The summed E-state index contributed by atoms with van der Waals surface area (Å²) in [5, 5.41) is 3.82. The molecule has 0 aliphatic heterocycles. The van der Waals surface area contributed by atoms with Crippen LogP contribution in [0.1, 0.15) is 182 Å². The van der Waals surface area contributed by atoms with Crippen molar-refractivity contribution in [2.75, 3.05) is 52.5 Å². The molecule has 4 saturated carbocycles. The van der Waals surface area contributed by atoms with E-state index in [1.165, 1.54) is 109 Å². The van der Waals surface area contributed by atoms with Gasteiger partial charge < -0.3 is 36.7 Å². The van der Waals surface area contributed by atoms with Crippen molar-refractivity contribution in [1.82, 2.24) is 5.32 Å². The van der Waals surface area contributed by atoms with E-state index in [0.717, 1.165) is 71.3 Å². The summed E-state index contributed by atoms with van der Waals surface area (Å²) in [6.45, 7) is 19.6. The van der Waals surface area contributed by atoms with E-state index >= 15 is 0 Å². The van der Waals surface area contributed by atoms with Crippen molar-refractivity contribution in [2.45, 2.75) is 201 Å². The van der Waals surface area contributed by atoms with Crippen molar-refractivity contribution in [3.63, 3.8) is 0 Å². The highest BCUT2D eigenvalue weighted by Crippen LogP contribution is 2.74. The molecule has 0 saturated heterocycles. The molecule has 54 heavy (non-hydrogen) atoms. The molecule has 7 nitrogen and oxygen atoms in total. The average Bonchev–Trinajstić information content (AvgIpc) is 3.53. The number of ether oxygens (including phenoxy) is 3. The van der Waals surface area contributed by atoms with Crippen LogP contribution in [0.4, 0.5) is 0 Å². The summed E-state index contributed by atoms with van der Waals surface area (Å²) >= 11 is 0. The molecule has 4 fully saturated rings. The topological polar surface area (TPSA) is 118 Å². The fourth-order valence-corrected chi connectivity index (χ4v) is 13.1. The number of unbranched alkanes of at least 4 members (excludes halogenated alkanes) is 10. The minimum atomic E-state index is 0.125. The highest BCUT2D eigenvalue weighted by molar-refractivity contribution is 5.19. The molecular formula is C47H92N4O3. The maximum atomic E-state index is 7.10. The number of nitrogens with two attached hydrogens (primary N) is 3. The largest absolute Gasteiger partial charge is 0.378 e. The van der Waals surface area contributed by atoms with E-state index in [2.05, 4.69) is 39.9 Å². The molecule has 0 aromatic rings. The smallest absolute Gasteiger partial charge is 0.0637 e. The van der Waals surface area contributed by atoms with E-state index in [-0.39, 0.29) is 28.5 Å². The maximum Gasteiger partial charge on any atom is 0.0637 e. The van der Waals surface area contributed by atoms with Crippen molar-refractivity contribution in [1.29, 1.82) is 0 Å². The lowest BCUT2D eigenvalue weighted by Crippen LogP contribution is -2.68. The summed E-state index contributed by atoms with van der Waals surface area (Å²) in [6, 6.07) is 0. The first kappa shape index (κ1) is 46.4. The molecule has 0 spiro atoms. The van der Waals surface area contributed by atoms with E-state index in [0.29, 0.717) is 55.3 Å². The van der Waals surface area contributed by atoms with Gasteiger partial charge >= 0.3 is 0 Å². The van der Waals surface area contributed by atoms with Crippen LogP contribution >= 0.6 is 0 Å². The highest BCUT2D eigenvalue weighted by atomic mass is 16.5. The highest BCUT2D eigenvalue weighted by Gasteiger charge is 2.71. The molecule has 11 atom stereocenters. The third-order valence-electron chi connectivity index (χ3n) is 16.1. The number of nitrogens with one attached hydrogen (secondary N) is 1. The lowest BCUT2D eigenvalue weighted by atomic mass is 9.37. The van der Waals surface area contributed by atoms with Crippen molar-refractivity contribution in [3.05, 3.63) is 0 Å². The Bertz CT molecular complexity index is 1000. The summed E-state index contributed by atoms with van der Waals surface area (Å²) in [4.78, 5) is 0. The average molecular weight is 761 g/mol. The number of hydrogen-bond donors (Lipinski definition) is 4. The Balaban J connectivity index is 1.37. The van der Waals surface area contributed by atoms with Crippen LogP contribution in [0, 0.1) is 45.8 Å². The number of hydrogen-bond acceptors (Lipinski definition) is 7. The first-order chi connectivity index (χ1) is 26.2. The van der Waals surface area contributed by atoms with E-state index in [1.807, 2.05) is 0 Å². The van der Waals surface area contributed by atoms with Crippen LogP contribution in [0.5, 0.6) is 0 Å². The molecule has 0 radical (unpaired) electrons. The van der Waals surface area contributed by atoms with Crippen LogP contribution in [0.25, 0.3) is 0 Å². The Morgan fingerprint density at radius 2 is 1.15 bits per heavy atom. The van der Waals surface area contributed by atoms with Crippen LogP contribution in [0.15, 0.2) is 0 Å². The Labute approximate surface area is 334 Å². The Kier molecular flexibility index (Phi) is 20.6. The van der Waals surface area contributed by atoms with Crippen molar-refractivity contribution < 1.29 is 14.2 Å². The predicted molar refractivity (Wildman–Crippen MR) is 229 cm³/mol. The van der Waals surface area contributed by atoms with Gasteiger partial charge in [-0.05, 0) is 151 Å². The molecule has 4 aliphatic rings. The third-order valence-corrected chi connectivity index (χ3v) is 16.1. The van der Waals surface area contributed by atoms with Crippen LogP contribution in [0.3, 0.4) is 0 Å². The van der Waals surface area contributed by atoms with E-state index in [9.17, 15) is 0 Å². The molecule has 4 rings (SSSR count). The minimum Gasteiger partial charge on any atom is -0.378 e.